The maximum absolute atomic E-state index is 13.9. The molecule has 2 aliphatic heterocycles. The number of hydrogen-bond donors (Lipinski definition) is 2. The van der Waals surface area contributed by atoms with Gasteiger partial charge in [0.25, 0.3) is 0 Å². The minimum atomic E-state index is -0.896. The molecule has 11 nitrogen and oxygen atoms in total. The summed E-state index contributed by atoms with van der Waals surface area (Å²) in [5.74, 6) is 1.91. The van der Waals surface area contributed by atoms with E-state index >= 15 is 0 Å². The van der Waals surface area contributed by atoms with Crippen molar-refractivity contribution in [3.63, 3.8) is 0 Å². The maximum Gasteiger partial charge on any atom is 0.407 e. The number of alkyl carbamates (subject to hydrolysis) is 1. The van der Waals surface area contributed by atoms with Gasteiger partial charge >= 0.3 is 12.1 Å². The molecule has 2 aromatic rings. The minimum absolute atomic E-state index is 0.0109. The summed E-state index contributed by atoms with van der Waals surface area (Å²) >= 11 is 12.4. The van der Waals surface area contributed by atoms with Gasteiger partial charge in [0, 0.05) is 19.6 Å². The van der Waals surface area contributed by atoms with Crippen molar-refractivity contribution in [2.24, 2.45) is 0 Å². The number of benzene rings is 2. The molecule has 232 valence electrons. The van der Waals surface area contributed by atoms with Gasteiger partial charge in [-0.05, 0) is 36.1 Å². The monoisotopic (exact) mass is 640 g/mol. The number of hydrogen-bond acceptors (Lipinski definition) is 6. The summed E-state index contributed by atoms with van der Waals surface area (Å²) in [6.45, 7) is 4.08. The molecule has 0 spiro atoms. The van der Waals surface area contributed by atoms with Crippen LogP contribution < -0.4 is 10.6 Å². The number of fused-ring (bicyclic) bond motifs is 1. The number of nitrogens with zero attached hydrogens (tertiary/aromatic N) is 4. The maximum atomic E-state index is 13.9. The summed E-state index contributed by atoms with van der Waals surface area (Å²) in [7, 11) is 0. The number of piperazine rings is 1. The number of urea groups is 1. The van der Waals surface area contributed by atoms with Crippen LogP contribution in [0.2, 0.25) is 10.0 Å². The van der Waals surface area contributed by atoms with Crippen LogP contribution in [0.1, 0.15) is 24.0 Å². The predicted molar refractivity (Wildman–Crippen MR) is 166 cm³/mol. The van der Waals surface area contributed by atoms with Gasteiger partial charge in [-0.15, -0.1) is 6.42 Å². The Morgan fingerprint density at radius 2 is 1.86 bits per heavy atom. The van der Waals surface area contributed by atoms with Crippen LogP contribution in [0.25, 0.3) is 0 Å². The molecule has 4 rings (SSSR count). The summed E-state index contributed by atoms with van der Waals surface area (Å²) in [4.78, 5) is 56.2. The lowest BCUT2D eigenvalue weighted by molar-refractivity contribution is -0.189. The fourth-order valence-corrected chi connectivity index (χ4v) is 5.56. The van der Waals surface area contributed by atoms with Crippen LogP contribution in [0.15, 0.2) is 61.2 Å². The highest BCUT2D eigenvalue weighted by molar-refractivity contribution is 6.42. The number of carbonyl (C=O) groups excluding carboxylic acids is 4. The highest BCUT2D eigenvalue weighted by Gasteiger charge is 2.51. The number of halogens is 2. The fourth-order valence-electron chi connectivity index (χ4n) is 5.24. The molecular weight excluding hydrogens is 607 g/mol. The van der Waals surface area contributed by atoms with Crippen LogP contribution in [0.5, 0.6) is 0 Å². The van der Waals surface area contributed by atoms with E-state index in [2.05, 4.69) is 23.1 Å². The van der Waals surface area contributed by atoms with Crippen molar-refractivity contribution in [3.05, 3.63) is 82.4 Å². The van der Waals surface area contributed by atoms with Crippen molar-refractivity contribution in [2.45, 2.75) is 38.1 Å². The molecule has 2 aromatic carbocycles. The average molecular weight is 642 g/mol. The van der Waals surface area contributed by atoms with Crippen molar-refractivity contribution in [3.8, 4) is 12.3 Å². The van der Waals surface area contributed by atoms with Crippen LogP contribution in [0.3, 0.4) is 0 Å². The third kappa shape index (κ3) is 8.02. The molecule has 0 radical (unpaired) electrons. The molecule has 2 N–H and O–H groups in total. The standard InChI is InChI=1S/C31H34Cl2N6O5/c1-3-15-37-21-28(40)38-26(11-8-14-34-31(43)44-16-4-2)29(41)36(19-23-12-13-24(32)25(33)17-23)20-27(38)39(37)30(42)35-18-22-9-6-5-7-10-22/h1,4-7,9-10,12-13,17,26-27H,2,8,11,14-16,18-21H2,(H,34,43)(H,35,42)/t26-,27-/m0/s1. The van der Waals surface area contributed by atoms with Gasteiger partial charge in [0.2, 0.25) is 11.8 Å². The van der Waals surface area contributed by atoms with E-state index in [0.29, 0.717) is 16.5 Å². The molecule has 2 atom stereocenters. The molecule has 0 saturated carbocycles. The van der Waals surface area contributed by atoms with E-state index in [1.165, 1.54) is 21.0 Å². The van der Waals surface area contributed by atoms with Gasteiger partial charge in [0.05, 0.1) is 29.7 Å². The van der Waals surface area contributed by atoms with Crippen molar-refractivity contribution >= 4 is 47.1 Å². The molecule has 2 aliphatic rings. The summed E-state index contributed by atoms with van der Waals surface area (Å²) in [5, 5.41) is 9.24. The Morgan fingerprint density at radius 1 is 1.09 bits per heavy atom. The molecule has 5 amide bonds. The lowest BCUT2D eigenvalue weighted by Gasteiger charge is -2.55. The van der Waals surface area contributed by atoms with Gasteiger partial charge in [-0.25, -0.2) is 14.6 Å². The largest absolute Gasteiger partial charge is 0.445 e. The minimum Gasteiger partial charge on any atom is -0.445 e. The highest BCUT2D eigenvalue weighted by atomic mass is 35.5. The molecule has 2 fully saturated rings. The SMILES string of the molecule is C#CCN1CC(=O)N2[C@@H](CCCNC(=O)OCC=C)C(=O)N(Cc3ccc(Cl)c(Cl)c3)C[C@@H]2N1C(=O)NCc1ccccc1. The Balaban J connectivity index is 1.60. The number of rotatable bonds is 11. The first-order valence-corrected chi connectivity index (χ1v) is 14.8. The van der Waals surface area contributed by atoms with E-state index in [4.69, 9.17) is 34.4 Å². The molecule has 0 bridgehead atoms. The zero-order valence-electron chi connectivity index (χ0n) is 24.1. The zero-order chi connectivity index (χ0) is 31.6. The smallest absolute Gasteiger partial charge is 0.407 e. The van der Waals surface area contributed by atoms with Gasteiger partial charge in [-0.2, -0.15) is 5.01 Å². The first-order valence-electron chi connectivity index (χ1n) is 14.1. The van der Waals surface area contributed by atoms with Gasteiger partial charge in [-0.3, -0.25) is 9.59 Å². The Morgan fingerprint density at radius 3 is 2.57 bits per heavy atom. The van der Waals surface area contributed by atoms with Gasteiger partial charge in [-0.1, -0.05) is 78.2 Å². The van der Waals surface area contributed by atoms with Crippen molar-refractivity contribution < 1.29 is 23.9 Å². The topological polar surface area (TPSA) is 115 Å². The normalized spacial score (nSPS) is 18.3. The van der Waals surface area contributed by atoms with Gasteiger partial charge in [0.15, 0.2) is 0 Å². The number of nitrogens with one attached hydrogen (secondary N) is 2. The number of hydrazine groups is 1. The summed E-state index contributed by atoms with van der Waals surface area (Å²) in [6.07, 6.45) is 6.23. The van der Waals surface area contributed by atoms with E-state index < -0.39 is 24.3 Å². The third-order valence-electron chi connectivity index (χ3n) is 7.21. The summed E-state index contributed by atoms with van der Waals surface area (Å²) < 4.78 is 4.94. The molecule has 2 saturated heterocycles. The van der Waals surface area contributed by atoms with Crippen LogP contribution in [-0.4, -0.2) is 88.7 Å². The fraction of sp³-hybridized carbons (Fsp3) is 0.355. The van der Waals surface area contributed by atoms with Crippen molar-refractivity contribution in [1.82, 2.24) is 30.5 Å². The number of amides is 5. The first-order chi connectivity index (χ1) is 21.2. The number of ether oxygens (including phenoxy) is 1. The lowest BCUT2D eigenvalue weighted by atomic mass is 10.0. The molecule has 44 heavy (non-hydrogen) atoms. The van der Waals surface area contributed by atoms with E-state index in [0.717, 1.165) is 11.1 Å². The second-order valence-corrected chi connectivity index (χ2v) is 11.1. The Kier molecular flexibility index (Phi) is 11.5. The van der Waals surface area contributed by atoms with Crippen molar-refractivity contribution in [2.75, 3.05) is 32.8 Å². The molecule has 0 aliphatic carbocycles. The highest BCUT2D eigenvalue weighted by Crippen LogP contribution is 2.30. The van der Waals surface area contributed by atoms with E-state index in [9.17, 15) is 19.2 Å². The molecule has 0 aromatic heterocycles. The number of terminal acetylenes is 1. The molecule has 0 unspecified atom stereocenters. The van der Waals surface area contributed by atoms with Crippen LogP contribution in [0.4, 0.5) is 9.59 Å². The predicted octanol–water partition coefficient (Wildman–Crippen LogP) is 3.63. The quantitative estimate of drug-likeness (QED) is 0.220. The van der Waals surface area contributed by atoms with E-state index in [-0.39, 0.29) is 64.1 Å². The zero-order valence-corrected chi connectivity index (χ0v) is 25.6. The summed E-state index contributed by atoms with van der Waals surface area (Å²) in [5.41, 5.74) is 1.63. The summed E-state index contributed by atoms with van der Waals surface area (Å²) in [6, 6.07) is 13.2. The van der Waals surface area contributed by atoms with E-state index in [1.807, 2.05) is 30.3 Å². The number of carbonyl (C=O) groups is 4. The lowest BCUT2D eigenvalue weighted by Crippen LogP contribution is -2.76. The van der Waals surface area contributed by atoms with Crippen LogP contribution >= 0.6 is 23.2 Å². The second-order valence-electron chi connectivity index (χ2n) is 10.2. The average Bonchev–Trinajstić information content (AvgIpc) is 3.01. The first kappa shape index (κ1) is 32.7. The van der Waals surface area contributed by atoms with Crippen molar-refractivity contribution in [1.29, 1.82) is 0 Å². The molecule has 2 heterocycles. The Hall–Kier alpha value is -4.24. The van der Waals surface area contributed by atoms with Gasteiger partial charge in [0.1, 0.15) is 18.8 Å². The molecular formula is C31H34Cl2N6O5. The van der Waals surface area contributed by atoms with Crippen LogP contribution in [-0.2, 0) is 27.4 Å². The van der Waals surface area contributed by atoms with E-state index in [1.54, 1.807) is 23.1 Å². The Labute approximate surface area is 266 Å². The van der Waals surface area contributed by atoms with Gasteiger partial charge < -0.3 is 25.2 Å². The second kappa shape index (κ2) is 15.5. The molecule has 13 heteroatoms. The third-order valence-corrected chi connectivity index (χ3v) is 7.95. The van der Waals surface area contributed by atoms with Crippen LogP contribution in [0, 0.1) is 12.3 Å². The Bertz CT molecular complexity index is 1420.